The van der Waals surface area contributed by atoms with Crippen LogP contribution >= 0.6 is 0 Å². The van der Waals surface area contributed by atoms with Crippen LogP contribution in [0.25, 0.3) is 0 Å². The Balaban J connectivity index is 1.53. The number of halogens is 1. The number of guanidine groups is 1. The number of hydrogen-bond donors (Lipinski definition) is 1. The predicted octanol–water partition coefficient (Wildman–Crippen LogP) is 2.02. The first kappa shape index (κ1) is 16.3. The van der Waals surface area contributed by atoms with Gasteiger partial charge in [0.15, 0.2) is 11.7 Å². The van der Waals surface area contributed by atoms with Crippen LogP contribution in [0.1, 0.15) is 11.5 Å². The molecule has 0 radical (unpaired) electrons. The van der Waals surface area contributed by atoms with Gasteiger partial charge in [-0.25, -0.2) is 4.39 Å². The predicted molar refractivity (Wildman–Crippen MR) is 91.6 cm³/mol. The van der Waals surface area contributed by atoms with Crippen molar-refractivity contribution in [3.8, 4) is 0 Å². The third-order valence-electron chi connectivity index (χ3n) is 4.08. The molecule has 1 aliphatic rings. The van der Waals surface area contributed by atoms with Crippen molar-refractivity contribution in [2.24, 2.45) is 4.99 Å². The molecule has 2 heterocycles. The van der Waals surface area contributed by atoms with Crippen molar-refractivity contribution >= 4 is 11.6 Å². The fourth-order valence-corrected chi connectivity index (χ4v) is 2.83. The Morgan fingerprint density at radius 1 is 1.25 bits per heavy atom. The number of hydrogen-bond acceptors (Lipinski definition) is 4. The third-order valence-corrected chi connectivity index (χ3v) is 4.08. The molecule has 0 saturated carbocycles. The maximum Gasteiger partial charge on any atom is 0.194 e. The highest BCUT2D eigenvalue weighted by Crippen LogP contribution is 2.17. The lowest BCUT2D eigenvalue weighted by molar-refractivity contribution is 0.357. The van der Waals surface area contributed by atoms with E-state index in [9.17, 15) is 4.39 Å². The van der Waals surface area contributed by atoms with Gasteiger partial charge in [0.25, 0.3) is 0 Å². The van der Waals surface area contributed by atoms with Gasteiger partial charge in [-0.2, -0.15) is 0 Å². The summed E-state index contributed by atoms with van der Waals surface area (Å²) in [6.45, 7) is 5.91. The van der Waals surface area contributed by atoms with Gasteiger partial charge in [0.1, 0.15) is 5.82 Å². The first-order valence-corrected chi connectivity index (χ1v) is 8.04. The molecule has 0 bridgehead atoms. The molecule has 0 amide bonds. The van der Waals surface area contributed by atoms with Crippen molar-refractivity contribution in [1.82, 2.24) is 15.4 Å². The zero-order valence-corrected chi connectivity index (χ0v) is 14.0. The molecule has 0 spiro atoms. The molecule has 3 rings (SSSR count). The second-order valence-corrected chi connectivity index (χ2v) is 5.79. The van der Waals surface area contributed by atoms with Crippen molar-refractivity contribution < 1.29 is 8.91 Å². The van der Waals surface area contributed by atoms with E-state index in [1.54, 1.807) is 7.05 Å². The van der Waals surface area contributed by atoms with Gasteiger partial charge in [0.2, 0.25) is 0 Å². The van der Waals surface area contributed by atoms with Crippen LogP contribution in [0.3, 0.4) is 0 Å². The Hall–Kier alpha value is -2.57. The highest BCUT2D eigenvalue weighted by molar-refractivity contribution is 5.80. The highest BCUT2D eigenvalue weighted by atomic mass is 19.1. The molecular formula is C17H22FN5O. The Labute approximate surface area is 140 Å². The van der Waals surface area contributed by atoms with Gasteiger partial charge in [-0.1, -0.05) is 5.16 Å². The molecule has 128 valence electrons. The average Bonchev–Trinajstić information content (AvgIpc) is 3.02. The van der Waals surface area contributed by atoms with Crippen LogP contribution in [0.2, 0.25) is 0 Å². The average molecular weight is 331 g/mol. The summed E-state index contributed by atoms with van der Waals surface area (Å²) in [4.78, 5) is 8.81. The molecule has 1 aliphatic heterocycles. The number of nitrogens with one attached hydrogen (secondary N) is 1. The van der Waals surface area contributed by atoms with Crippen LogP contribution in [0, 0.1) is 12.7 Å². The molecule has 2 aromatic rings. The molecule has 24 heavy (non-hydrogen) atoms. The quantitative estimate of drug-likeness (QED) is 0.689. The Bertz CT molecular complexity index is 689. The maximum absolute atomic E-state index is 13.0. The molecule has 1 aromatic heterocycles. The van der Waals surface area contributed by atoms with E-state index in [0.717, 1.165) is 49.3 Å². The van der Waals surface area contributed by atoms with Crippen LogP contribution in [0.15, 0.2) is 39.8 Å². The summed E-state index contributed by atoms with van der Waals surface area (Å²) in [6, 6.07) is 8.56. The molecule has 1 fully saturated rings. The summed E-state index contributed by atoms with van der Waals surface area (Å²) < 4.78 is 18.2. The number of anilines is 1. The minimum Gasteiger partial charge on any atom is -0.368 e. The van der Waals surface area contributed by atoms with E-state index in [1.807, 2.05) is 25.1 Å². The number of nitrogens with zero attached hydrogens (tertiary/aromatic N) is 4. The number of piperazine rings is 1. The van der Waals surface area contributed by atoms with Gasteiger partial charge in [-0.15, -0.1) is 0 Å². The van der Waals surface area contributed by atoms with E-state index in [1.165, 1.54) is 12.1 Å². The lowest BCUT2D eigenvalue weighted by Gasteiger charge is -2.37. The lowest BCUT2D eigenvalue weighted by atomic mass is 10.2. The van der Waals surface area contributed by atoms with Crippen molar-refractivity contribution in [2.75, 3.05) is 38.1 Å². The zero-order valence-electron chi connectivity index (χ0n) is 14.0. The van der Waals surface area contributed by atoms with Crippen molar-refractivity contribution in [3.05, 3.63) is 47.6 Å². The summed E-state index contributed by atoms with van der Waals surface area (Å²) >= 11 is 0. The molecule has 1 aromatic carbocycles. The normalized spacial score (nSPS) is 15.7. The van der Waals surface area contributed by atoms with Crippen molar-refractivity contribution in [1.29, 1.82) is 0 Å². The molecule has 0 unspecified atom stereocenters. The van der Waals surface area contributed by atoms with Gasteiger partial charge >= 0.3 is 0 Å². The Kier molecular flexibility index (Phi) is 4.98. The van der Waals surface area contributed by atoms with Gasteiger partial charge in [-0.3, -0.25) is 4.99 Å². The zero-order chi connectivity index (χ0) is 16.9. The third kappa shape index (κ3) is 3.84. The van der Waals surface area contributed by atoms with E-state index in [2.05, 4.69) is 25.3 Å². The fourth-order valence-electron chi connectivity index (χ4n) is 2.83. The second kappa shape index (κ2) is 7.33. The first-order valence-electron chi connectivity index (χ1n) is 8.04. The monoisotopic (exact) mass is 331 g/mol. The van der Waals surface area contributed by atoms with Crippen LogP contribution in [-0.2, 0) is 6.54 Å². The largest absolute Gasteiger partial charge is 0.368 e. The fraction of sp³-hybridized carbons (Fsp3) is 0.412. The number of rotatable bonds is 3. The summed E-state index contributed by atoms with van der Waals surface area (Å²) in [5, 5.41) is 7.19. The smallest absolute Gasteiger partial charge is 0.194 e. The number of aliphatic imine (C=N–C) groups is 1. The van der Waals surface area contributed by atoms with Crippen LogP contribution in [0.5, 0.6) is 0 Å². The molecule has 1 N–H and O–H groups in total. The minimum atomic E-state index is -0.204. The lowest BCUT2D eigenvalue weighted by Crippen LogP contribution is -2.52. The minimum absolute atomic E-state index is 0.204. The number of aryl methyl sites for hydroxylation is 1. The van der Waals surface area contributed by atoms with Crippen LogP contribution in [0.4, 0.5) is 10.1 Å². The molecular weight excluding hydrogens is 309 g/mol. The van der Waals surface area contributed by atoms with Crippen LogP contribution < -0.4 is 10.2 Å². The molecule has 6 nitrogen and oxygen atoms in total. The number of aromatic nitrogens is 1. The van der Waals surface area contributed by atoms with Gasteiger partial charge in [-0.05, 0) is 31.2 Å². The summed E-state index contributed by atoms with van der Waals surface area (Å²) in [5.74, 6) is 1.44. The topological polar surface area (TPSA) is 56.9 Å². The highest BCUT2D eigenvalue weighted by Gasteiger charge is 2.20. The summed E-state index contributed by atoms with van der Waals surface area (Å²) in [5.41, 5.74) is 1.92. The molecule has 0 atom stereocenters. The first-order chi connectivity index (χ1) is 11.7. The van der Waals surface area contributed by atoms with Gasteiger partial charge < -0.3 is 19.6 Å². The van der Waals surface area contributed by atoms with Gasteiger partial charge in [0.05, 0.1) is 12.2 Å². The van der Waals surface area contributed by atoms with E-state index < -0.39 is 0 Å². The van der Waals surface area contributed by atoms with Crippen molar-refractivity contribution in [3.63, 3.8) is 0 Å². The van der Waals surface area contributed by atoms with E-state index in [0.29, 0.717) is 6.54 Å². The Morgan fingerprint density at radius 3 is 2.54 bits per heavy atom. The van der Waals surface area contributed by atoms with Crippen LogP contribution in [-0.4, -0.2) is 49.2 Å². The van der Waals surface area contributed by atoms with E-state index in [-0.39, 0.29) is 5.82 Å². The van der Waals surface area contributed by atoms with Gasteiger partial charge in [0, 0.05) is 45.0 Å². The van der Waals surface area contributed by atoms with E-state index in [4.69, 9.17) is 4.52 Å². The molecule has 0 aliphatic carbocycles. The molecule has 1 saturated heterocycles. The molecule has 7 heteroatoms. The number of benzene rings is 1. The Morgan fingerprint density at radius 2 is 1.96 bits per heavy atom. The standard InChI is InChI=1S/C17H22FN5O/c1-13-11-16(24-21-13)12-20-17(19-2)23-9-7-22(8-10-23)15-5-3-14(18)4-6-15/h3-6,11H,7-10,12H2,1-2H3,(H,19,20). The SMILES string of the molecule is CN=C(NCc1cc(C)no1)N1CCN(c2ccc(F)cc2)CC1. The summed E-state index contributed by atoms with van der Waals surface area (Å²) in [6.07, 6.45) is 0. The van der Waals surface area contributed by atoms with E-state index >= 15 is 0 Å². The maximum atomic E-state index is 13.0. The van der Waals surface area contributed by atoms with Crippen molar-refractivity contribution in [2.45, 2.75) is 13.5 Å². The second-order valence-electron chi connectivity index (χ2n) is 5.79. The summed E-state index contributed by atoms with van der Waals surface area (Å²) in [7, 11) is 1.78.